The number of rotatable bonds is 6. The number of nitrogens with zero attached hydrogens (tertiary/aromatic N) is 1. The summed E-state index contributed by atoms with van der Waals surface area (Å²) in [7, 11) is -3.49. The molecular weight excluding hydrogens is 456 g/mol. The first kappa shape index (κ1) is 21.8. The van der Waals surface area contributed by atoms with Crippen LogP contribution in [0.2, 0.25) is 0 Å². The van der Waals surface area contributed by atoms with E-state index in [0.29, 0.717) is 24.5 Å². The molecule has 0 spiro atoms. The first-order chi connectivity index (χ1) is 13.9. The summed E-state index contributed by atoms with van der Waals surface area (Å²) in [6, 6.07) is 11.9. The monoisotopic (exact) mass is 480 g/mol. The van der Waals surface area contributed by atoms with Gasteiger partial charge in [-0.3, -0.25) is 4.79 Å². The van der Waals surface area contributed by atoms with Gasteiger partial charge in [0, 0.05) is 18.8 Å². The van der Waals surface area contributed by atoms with E-state index in [9.17, 15) is 13.2 Å². The fraction of sp³-hybridized carbons (Fsp3) is 0.381. The summed E-state index contributed by atoms with van der Waals surface area (Å²) in [5, 5.41) is 2.72. The average molecular weight is 481 g/mol. The lowest BCUT2D eigenvalue weighted by atomic mass is 10.2. The van der Waals surface area contributed by atoms with Crippen molar-refractivity contribution in [2.75, 3.05) is 25.0 Å². The Hall–Kier alpha value is -1.90. The van der Waals surface area contributed by atoms with Crippen molar-refractivity contribution >= 4 is 37.5 Å². The van der Waals surface area contributed by atoms with Crippen LogP contribution in [-0.2, 0) is 14.8 Å². The third-order valence-electron chi connectivity index (χ3n) is 4.79. The van der Waals surface area contributed by atoms with E-state index in [1.165, 1.54) is 12.1 Å². The van der Waals surface area contributed by atoms with Crippen LogP contribution in [0.25, 0.3) is 0 Å². The van der Waals surface area contributed by atoms with E-state index in [0.717, 1.165) is 35.7 Å². The molecule has 0 radical (unpaired) electrons. The van der Waals surface area contributed by atoms with E-state index in [4.69, 9.17) is 4.74 Å². The van der Waals surface area contributed by atoms with Gasteiger partial charge < -0.3 is 10.1 Å². The second kappa shape index (κ2) is 9.73. The Morgan fingerprint density at radius 3 is 2.34 bits per heavy atom. The number of aryl methyl sites for hydroxylation is 1. The zero-order chi connectivity index (χ0) is 20.9. The van der Waals surface area contributed by atoms with Crippen LogP contribution in [0.4, 0.5) is 5.69 Å². The maximum Gasteiger partial charge on any atom is 0.262 e. The molecule has 6 nitrogen and oxygen atoms in total. The fourth-order valence-corrected chi connectivity index (χ4v) is 5.33. The van der Waals surface area contributed by atoms with Crippen molar-refractivity contribution in [2.24, 2.45) is 0 Å². The van der Waals surface area contributed by atoms with E-state index < -0.39 is 10.0 Å². The standard InChI is InChI=1S/C21H25BrN2O4S/c1-16-6-11-20(19(22)14-16)28-15-21(25)23-17-7-9-18(10-8-17)29(26,27)24-12-4-2-3-5-13-24/h6-11,14H,2-5,12-13,15H2,1H3,(H,23,25). The van der Waals surface area contributed by atoms with E-state index in [1.807, 2.05) is 19.1 Å². The predicted molar refractivity (Wildman–Crippen MR) is 117 cm³/mol. The Bertz CT molecular complexity index is 953. The molecule has 1 aliphatic rings. The number of nitrogens with one attached hydrogen (secondary N) is 1. The Kier molecular flexibility index (Phi) is 7.32. The van der Waals surface area contributed by atoms with Gasteiger partial charge in [0.2, 0.25) is 10.0 Å². The zero-order valence-electron chi connectivity index (χ0n) is 16.4. The molecule has 2 aromatic rings. The highest BCUT2D eigenvalue weighted by atomic mass is 79.9. The van der Waals surface area contributed by atoms with Gasteiger partial charge in [-0.05, 0) is 77.7 Å². The van der Waals surface area contributed by atoms with Gasteiger partial charge in [0.15, 0.2) is 6.61 Å². The maximum absolute atomic E-state index is 12.8. The molecule has 1 N–H and O–H groups in total. The summed E-state index contributed by atoms with van der Waals surface area (Å²) in [6.07, 6.45) is 3.92. The van der Waals surface area contributed by atoms with E-state index in [1.54, 1.807) is 22.5 Å². The van der Waals surface area contributed by atoms with Gasteiger partial charge >= 0.3 is 0 Å². The van der Waals surface area contributed by atoms with Crippen LogP contribution >= 0.6 is 15.9 Å². The van der Waals surface area contributed by atoms with Gasteiger partial charge in [-0.1, -0.05) is 18.9 Å². The maximum atomic E-state index is 12.8. The number of sulfonamides is 1. The molecule has 1 aliphatic heterocycles. The minimum atomic E-state index is -3.49. The predicted octanol–water partition coefficient (Wildman–Crippen LogP) is 4.34. The fourth-order valence-electron chi connectivity index (χ4n) is 3.20. The number of carbonyl (C=O) groups excluding carboxylic acids is 1. The van der Waals surface area contributed by atoms with Crippen LogP contribution in [0.1, 0.15) is 31.2 Å². The largest absolute Gasteiger partial charge is 0.483 e. The number of benzene rings is 2. The van der Waals surface area contributed by atoms with Gasteiger partial charge in [0.25, 0.3) is 5.91 Å². The molecular formula is C21H25BrN2O4S. The highest BCUT2D eigenvalue weighted by molar-refractivity contribution is 9.10. The van der Waals surface area contributed by atoms with Gasteiger partial charge in [0.1, 0.15) is 5.75 Å². The van der Waals surface area contributed by atoms with Crippen LogP contribution in [0.3, 0.4) is 0 Å². The van der Waals surface area contributed by atoms with Crippen molar-refractivity contribution in [3.63, 3.8) is 0 Å². The minimum Gasteiger partial charge on any atom is -0.483 e. The molecule has 1 amide bonds. The Balaban J connectivity index is 1.58. The third kappa shape index (κ3) is 5.81. The van der Waals surface area contributed by atoms with Crippen molar-refractivity contribution < 1.29 is 17.9 Å². The lowest BCUT2D eigenvalue weighted by molar-refractivity contribution is -0.118. The molecule has 0 saturated carbocycles. The number of hydrogen-bond donors (Lipinski definition) is 1. The number of hydrogen-bond acceptors (Lipinski definition) is 4. The van der Waals surface area contributed by atoms with Crippen molar-refractivity contribution in [1.29, 1.82) is 0 Å². The number of amides is 1. The lowest BCUT2D eigenvalue weighted by Gasteiger charge is -2.20. The second-order valence-corrected chi connectivity index (χ2v) is 9.91. The Morgan fingerprint density at radius 1 is 1.07 bits per heavy atom. The highest BCUT2D eigenvalue weighted by Crippen LogP contribution is 2.26. The van der Waals surface area contributed by atoms with Crippen LogP contribution < -0.4 is 10.1 Å². The van der Waals surface area contributed by atoms with Crippen LogP contribution in [0.5, 0.6) is 5.75 Å². The SMILES string of the molecule is Cc1ccc(OCC(=O)Nc2ccc(S(=O)(=O)N3CCCCCC3)cc2)c(Br)c1. The Labute approximate surface area is 180 Å². The van der Waals surface area contributed by atoms with Crippen molar-refractivity contribution in [3.05, 3.63) is 52.5 Å². The Morgan fingerprint density at radius 2 is 1.72 bits per heavy atom. The van der Waals surface area contributed by atoms with Crippen molar-refractivity contribution in [3.8, 4) is 5.75 Å². The second-order valence-electron chi connectivity index (χ2n) is 7.11. The van der Waals surface area contributed by atoms with Gasteiger partial charge in [-0.15, -0.1) is 0 Å². The molecule has 2 aromatic carbocycles. The third-order valence-corrected chi connectivity index (χ3v) is 7.32. The summed E-state index contributed by atoms with van der Waals surface area (Å²) < 4.78 is 33.5. The lowest BCUT2D eigenvalue weighted by Crippen LogP contribution is -2.31. The highest BCUT2D eigenvalue weighted by Gasteiger charge is 2.25. The molecule has 1 heterocycles. The number of halogens is 1. The number of ether oxygens (including phenoxy) is 1. The first-order valence-corrected chi connectivity index (χ1v) is 11.9. The molecule has 29 heavy (non-hydrogen) atoms. The van der Waals surface area contributed by atoms with E-state index in [2.05, 4.69) is 21.2 Å². The molecule has 1 fully saturated rings. The van der Waals surface area contributed by atoms with Crippen LogP contribution in [-0.4, -0.2) is 38.3 Å². The molecule has 3 rings (SSSR count). The number of carbonyl (C=O) groups is 1. The summed E-state index contributed by atoms with van der Waals surface area (Å²) in [6.45, 7) is 2.95. The van der Waals surface area contributed by atoms with Crippen LogP contribution in [0.15, 0.2) is 51.8 Å². The van der Waals surface area contributed by atoms with E-state index in [-0.39, 0.29) is 17.4 Å². The molecule has 0 atom stereocenters. The average Bonchev–Trinajstić information content (AvgIpc) is 2.98. The zero-order valence-corrected chi connectivity index (χ0v) is 18.8. The quantitative estimate of drug-likeness (QED) is 0.666. The summed E-state index contributed by atoms with van der Waals surface area (Å²) >= 11 is 3.41. The molecule has 1 saturated heterocycles. The van der Waals surface area contributed by atoms with Crippen molar-refractivity contribution in [2.45, 2.75) is 37.5 Å². The van der Waals surface area contributed by atoms with Gasteiger partial charge in [0.05, 0.1) is 9.37 Å². The van der Waals surface area contributed by atoms with Crippen molar-refractivity contribution in [1.82, 2.24) is 4.31 Å². The van der Waals surface area contributed by atoms with Crippen LogP contribution in [0, 0.1) is 6.92 Å². The molecule has 8 heteroatoms. The molecule has 0 bridgehead atoms. The molecule has 0 aliphatic carbocycles. The van der Waals surface area contributed by atoms with Gasteiger partial charge in [-0.25, -0.2) is 8.42 Å². The number of anilines is 1. The minimum absolute atomic E-state index is 0.143. The summed E-state index contributed by atoms with van der Waals surface area (Å²) in [5.74, 6) is 0.269. The van der Waals surface area contributed by atoms with Gasteiger partial charge in [-0.2, -0.15) is 4.31 Å². The smallest absolute Gasteiger partial charge is 0.262 e. The summed E-state index contributed by atoms with van der Waals surface area (Å²) in [5.41, 5.74) is 1.61. The topological polar surface area (TPSA) is 75.7 Å². The van der Waals surface area contributed by atoms with E-state index >= 15 is 0 Å². The molecule has 156 valence electrons. The molecule has 0 aromatic heterocycles. The summed E-state index contributed by atoms with van der Waals surface area (Å²) in [4.78, 5) is 12.4. The molecule has 0 unspecified atom stereocenters. The first-order valence-electron chi connectivity index (χ1n) is 9.65. The normalized spacial score (nSPS) is 15.5.